The predicted molar refractivity (Wildman–Crippen MR) is 87.7 cm³/mol. The number of rotatable bonds is 3. The Bertz CT molecular complexity index is 896. The molecule has 1 amide bonds. The number of aryl methyl sites for hydroxylation is 1. The number of fused-ring (bicyclic) bond motifs is 1. The van der Waals surface area contributed by atoms with Crippen molar-refractivity contribution in [2.75, 3.05) is 5.32 Å². The maximum atomic E-state index is 12.4. The number of amides is 1. The summed E-state index contributed by atoms with van der Waals surface area (Å²) in [6.07, 6.45) is 0.875. The Morgan fingerprint density at radius 2 is 1.83 bits per heavy atom. The van der Waals surface area contributed by atoms with Crippen LogP contribution in [0.1, 0.15) is 12.0 Å². The maximum absolute atomic E-state index is 12.4. The molecule has 1 aliphatic rings. The van der Waals surface area contributed by atoms with Gasteiger partial charge in [0.25, 0.3) is 0 Å². The molecular formula is C15H11Cl2NO4S. The van der Waals surface area contributed by atoms with E-state index in [1.54, 1.807) is 12.1 Å². The molecule has 1 heterocycles. The molecule has 2 aromatic rings. The van der Waals surface area contributed by atoms with Crippen LogP contribution in [-0.2, 0) is 21.3 Å². The van der Waals surface area contributed by atoms with Crippen LogP contribution in [0.4, 0.5) is 5.69 Å². The summed E-state index contributed by atoms with van der Waals surface area (Å²) in [5.74, 6) is 0.0837. The van der Waals surface area contributed by atoms with E-state index in [0.717, 1.165) is 5.56 Å². The summed E-state index contributed by atoms with van der Waals surface area (Å²) in [6, 6.07) is 8.78. The fraction of sp³-hybridized carbons (Fsp3) is 0.133. The highest BCUT2D eigenvalue weighted by atomic mass is 35.5. The van der Waals surface area contributed by atoms with Crippen molar-refractivity contribution in [3.05, 3.63) is 52.0 Å². The van der Waals surface area contributed by atoms with Crippen LogP contribution in [0.3, 0.4) is 0 Å². The molecule has 8 heteroatoms. The first-order valence-electron chi connectivity index (χ1n) is 6.67. The van der Waals surface area contributed by atoms with Crippen molar-refractivity contribution in [3.8, 4) is 5.75 Å². The van der Waals surface area contributed by atoms with Gasteiger partial charge in [0.05, 0.1) is 5.02 Å². The molecule has 0 bridgehead atoms. The quantitative estimate of drug-likeness (QED) is 0.835. The van der Waals surface area contributed by atoms with Gasteiger partial charge < -0.3 is 9.50 Å². The standard InChI is InChI=1S/C15H11Cl2NO4S/c16-10-2-4-12(17)14(8-10)23(20,21)22-11-3-5-13-9(7-11)1-6-15(19)18-13/h2-5,7-8H,1,6H2,(H,18,19). The Kier molecular flexibility index (Phi) is 4.23. The highest BCUT2D eigenvalue weighted by Gasteiger charge is 2.22. The zero-order valence-corrected chi connectivity index (χ0v) is 14.0. The number of halogens is 2. The molecule has 0 unspecified atom stereocenters. The van der Waals surface area contributed by atoms with Crippen LogP contribution in [0.25, 0.3) is 0 Å². The van der Waals surface area contributed by atoms with Crippen molar-refractivity contribution < 1.29 is 17.4 Å². The van der Waals surface area contributed by atoms with Gasteiger partial charge in [-0.3, -0.25) is 4.79 Å². The number of anilines is 1. The lowest BCUT2D eigenvalue weighted by Gasteiger charge is -2.17. The van der Waals surface area contributed by atoms with E-state index in [2.05, 4.69) is 5.32 Å². The lowest BCUT2D eigenvalue weighted by atomic mass is 10.0. The van der Waals surface area contributed by atoms with Gasteiger partial charge >= 0.3 is 10.1 Å². The summed E-state index contributed by atoms with van der Waals surface area (Å²) >= 11 is 11.7. The lowest BCUT2D eigenvalue weighted by Crippen LogP contribution is -2.19. The normalized spacial score (nSPS) is 14.1. The molecule has 120 valence electrons. The van der Waals surface area contributed by atoms with Gasteiger partial charge in [0, 0.05) is 17.1 Å². The predicted octanol–water partition coefficient (Wildman–Crippen LogP) is 3.65. The van der Waals surface area contributed by atoms with Crippen molar-refractivity contribution in [1.82, 2.24) is 0 Å². The van der Waals surface area contributed by atoms with Crippen molar-refractivity contribution in [2.45, 2.75) is 17.7 Å². The lowest BCUT2D eigenvalue weighted by molar-refractivity contribution is -0.116. The van der Waals surface area contributed by atoms with Crippen LogP contribution in [0, 0.1) is 0 Å². The third kappa shape index (κ3) is 3.44. The summed E-state index contributed by atoms with van der Waals surface area (Å²) in [7, 11) is -4.11. The van der Waals surface area contributed by atoms with Crippen LogP contribution in [0.15, 0.2) is 41.3 Å². The molecule has 1 aliphatic heterocycles. The zero-order valence-electron chi connectivity index (χ0n) is 11.7. The van der Waals surface area contributed by atoms with Gasteiger partial charge in [-0.2, -0.15) is 8.42 Å². The van der Waals surface area contributed by atoms with Gasteiger partial charge in [-0.05, 0) is 48.4 Å². The second-order valence-corrected chi connectivity index (χ2v) is 7.34. The molecule has 5 nitrogen and oxygen atoms in total. The van der Waals surface area contributed by atoms with E-state index in [1.807, 2.05) is 0 Å². The topological polar surface area (TPSA) is 72.5 Å². The van der Waals surface area contributed by atoms with E-state index in [1.165, 1.54) is 24.3 Å². The number of carbonyl (C=O) groups is 1. The van der Waals surface area contributed by atoms with Gasteiger partial charge in [0.2, 0.25) is 5.91 Å². The number of carbonyl (C=O) groups excluding carboxylic acids is 1. The Morgan fingerprint density at radius 1 is 1.04 bits per heavy atom. The first kappa shape index (κ1) is 16.1. The molecular weight excluding hydrogens is 361 g/mol. The van der Waals surface area contributed by atoms with Crippen LogP contribution < -0.4 is 9.50 Å². The average molecular weight is 372 g/mol. The van der Waals surface area contributed by atoms with E-state index >= 15 is 0 Å². The molecule has 0 aliphatic carbocycles. The smallest absolute Gasteiger partial charge is 0.340 e. The van der Waals surface area contributed by atoms with E-state index in [0.29, 0.717) is 18.5 Å². The van der Waals surface area contributed by atoms with Crippen LogP contribution in [-0.4, -0.2) is 14.3 Å². The summed E-state index contributed by atoms with van der Waals surface area (Å²) in [4.78, 5) is 11.1. The Hall–Kier alpha value is -1.76. The fourth-order valence-corrected chi connectivity index (χ4v) is 3.91. The maximum Gasteiger partial charge on any atom is 0.340 e. The monoisotopic (exact) mass is 371 g/mol. The summed E-state index contributed by atoms with van der Waals surface area (Å²) in [5, 5.41) is 2.98. The van der Waals surface area contributed by atoms with Crippen molar-refractivity contribution in [3.63, 3.8) is 0 Å². The fourth-order valence-electron chi connectivity index (χ4n) is 2.25. The second kappa shape index (κ2) is 6.03. The number of benzene rings is 2. The number of nitrogens with one attached hydrogen (secondary N) is 1. The Balaban J connectivity index is 1.92. The van der Waals surface area contributed by atoms with Gasteiger partial charge in [0.15, 0.2) is 0 Å². The molecule has 0 atom stereocenters. The SMILES string of the molecule is O=C1CCc2cc(OS(=O)(=O)c3cc(Cl)ccc3Cl)ccc2N1. The molecule has 0 radical (unpaired) electrons. The largest absolute Gasteiger partial charge is 0.379 e. The zero-order chi connectivity index (χ0) is 16.6. The van der Waals surface area contributed by atoms with Crippen molar-refractivity contribution in [2.24, 2.45) is 0 Å². The summed E-state index contributed by atoms with van der Waals surface area (Å²) < 4.78 is 29.9. The Morgan fingerprint density at radius 3 is 2.61 bits per heavy atom. The average Bonchev–Trinajstić information content (AvgIpc) is 2.49. The van der Waals surface area contributed by atoms with E-state index < -0.39 is 10.1 Å². The molecule has 0 saturated carbocycles. The van der Waals surface area contributed by atoms with Gasteiger partial charge in [-0.25, -0.2) is 0 Å². The van der Waals surface area contributed by atoms with Gasteiger partial charge in [-0.15, -0.1) is 0 Å². The molecule has 0 saturated heterocycles. The van der Waals surface area contributed by atoms with Gasteiger partial charge in [-0.1, -0.05) is 23.2 Å². The van der Waals surface area contributed by atoms with Crippen LogP contribution in [0.2, 0.25) is 10.0 Å². The third-order valence-corrected chi connectivity index (χ3v) is 5.31. The molecule has 1 N–H and O–H groups in total. The van der Waals surface area contributed by atoms with Crippen molar-refractivity contribution in [1.29, 1.82) is 0 Å². The Labute approximate surface area is 143 Å². The first-order chi connectivity index (χ1) is 10.8. The summed E-state index contributed by atoms with van der Waals surface area (Å²) in [6.45, 7) is 0. The molecule has 0 spiro atoms. The number of hydrogen-bond donors (Lipinski definition) is 1. The third-order valence-electron chi connectivity index (χ3n) is 3.34. The van der Waals surface area contributed by atoms with E-state index in [9.17, 15) is 13.2 Å². The van der Waals surface area contributed by atoms with Gasteiger partial charge in [0.1, 0.15) is 10.6 Å². The second-order valence-electron chi connectivity index (χ2n) is 4.98. The van der Waals surface area contributed by atoms with E-state index in [4.69, 9.17) is 27.4 Å². The molecule has 2 aromatic carbocycles. The van der Waals surface area contributed by atoms with Crippen LogP contribution >= 0.6 is 23.2 Å². The minimum Gasteiger partial charge on any atom is -0.379 e. The molecule has 0 fully saturated rings. The highest BCUT2D eigenvalue weighted by Crippen LogP contribution is 2.31. The van der Waals surface area contributed by atoms with Crippen molar-refractivity contribution >= 4 is 44.9 Å². The minimum atomic E-state index is -4.11. The van der Waals surface area contributed by atoms with Crippen LogP contribution in [0.5, 0.6) is 5.75 Å². The molecule has 0 aromatic heterocycles. The molecule has 23 heavy (non-hydrogen) atoms. The number of hydrogen-bond acceptors (Lipinski definition) is 4. The molecule has 3 rings (SSSR count). The minimum absolute atomic E-state index is 0.0274. The van der Waals surface area contributed by atoms with E-state index in [-0.39, 0.29) is 26.6 Å². The first-order valence-corrected chi connectivity index (χ1v) is 8.84. The summed E-state index contributed by atoms with van der Waals surface area (Å²) in [5.41, 5.74) is 1.47. The highest BCUT2D eigenvalue weighted by molar-refractivity contribution is 7.87.